The number of halogens is 5. The fourth-order valence-corrected chi connectivity index (χ4v) is 1.64. The average molecular weight is 261 g/mol. The standard InChI is InChI=1S/C7H7B3F5N3/c11-8-16(6-7-4-2-1-3-5-7)9(12)18(15)10(13)17(8)14/h1-5H,6H2. The smallest absolute Gasteiger partial charge is 0.289 e. The molecular formula is C7H7B3F5N3. The van der Waals surface area contributed by atoms with Crippen molar-refractivity contribution in [3.8, 4) is 0 Å². The molecule has 0 aromatic heterocycles. The van der Waals surface area contributed by atoms with Crippen LogP contribution in [0.2, 0.25) is 0 Å². The van der Waals surface area contributed by atoms with Crippen LogP contribution in [0.25, 0.3) is 0 Å². The van der Waals surface area contributed by atoms with E-state index < -0.39 is 38.2 Å². The molecule has 1 aliphatic heterocycles. The Morgan fingerprint density at radius 2 is 1.33 bits per heavy atom. The van der Waals surface area contributed by atoms with Gasteiger partial charge in [0.15, 0.2) is 0 Å². The Morgan fingerprint density at radius 3 is 1.83 bits per heavy atom. The van der Waals surface area contributed by atoms with E-state index in [9.17, 15) is 21.9 Å². The molecule has 1 aromatic rings. The highest BCUT2D eigenvalue weighted by Gasteiger charge is 2.59. The van der Waals surface area contributed by atoms with Crippen LogP contribution < -0.4 is 0 Å². The van der Waals surface area contributed by atoms with Crippen molar-refractivity contribution in [2.75, 3.05) is 0 Å². The van der Waals surface area contributed by atoms with E-state index in [4.69, 9.17) is 0 Å². The molecule has 94 valence electrons. The molecule has 0 saturated carbocycles. The maximum atomic E-state index is 13.4. The van der Waals surface area contributed by atoms with Crippen molar-refractivity contribution in [3.63, 3.8) is 0 Å². The molecule has 0 amide bonds. The van der Waals surface area contributed by atoms with E-state index in [0.717, 1.165) is 0 Å². The normalized spacial score (nSPS) is 19.7. The maximum absolute atomic E-state index is 13.4. The van der Waals surface area contributed by atoms with Gasteiger partial charge in [-0.2, -0.15) is 8.96 Å². The summed E-state index contributed by atoms with van der Waals surface area (Å²) in [4.78, 5) is -2.06. The van der Waals surface area contributed by atoms with Gasteiger partial charge in [-0.05, 0) is 5.56 Å². The zero-order chi connectivity index (χ0) is 13.3. The summed E-state index contributed by atoms with van der Waals surface area (Å²) in [6, 6.07) is 7.97. The summed E-state index contributed by atoms with van der Waals surface area (Å²) in [6.45, 7) is -0.392. The van der Waals surface area contributed by atoms with Crippen LogP contribution in [0.4, 0.5) is 21.9 Å². The van der Waals surface area contributed by atoms with Gasteiger partial charge in [0.2, 0.25) is 0 Å². The molecule has 1 aromatic carbocycles. The molecular weight excluding hydrogens is 254 g/mol. The van der Waals surface area contributed by atoms with Gasteiger partial charge >= 0.3 is 21.8 Å². The predicted molar refractivity (Wildman–Crippen MR) is 58.5 cm³/mol. The first-order valence-corrected chi connectivity index (χ1v) is 5.12. The largest absolute Gasteiger partial charge is 0.561 e. The minimum Gasteiger partial charge on any atom is -0.289 e. The van der Waals surface area contributed by atoms with Crippen molar-refractivity contribution in [1.29, 1.82) is 0 Å². The van der Waals surface area contributed by atoms with Crippen LogP contribution in [0.1, 0.15) is 5.56 Å². The summed E-state index contributed by atoms with van der Waals surface area (Å²) < 4.78 is 65.7. The SMILES string of the molecule is FB1N(F)B(F)N(Cc2ccccc2)B(F)N1F. The van der Waals surface area contributed by atoms with Crippen LogP contribution in [0.3, 0.4) is 0 Å². The highest BCUT2D eigenvalue weighted by Crippen LogP contribution is 2.24. The van der Waals surface area contributed by atoms with E-state index >= 15 is 0 Å². The monoisotopic (exact) mass is 261 g/mol. The van der Waals surface area contributed by atoms with Gasteiger partial charge in [0.25, 0.3) is 0 Å². The Balaban J connectivity index is 2.16. The highest BCUT2D eigenvalue weighted by molar-refractivity contribution is 6.78. The third kappa shape index (κ3) is 2.38. The summed E-state index contributed by atoms with van der Waals surface area (Å²) in [5.41, 5.74) is 0.446. The van der Waals surface area contributed by atoms with Crippen LogP contribution in [0.5, 0.6) is 0 Å². The zero-order valence-corrected chi connectivity index (χ0v) is 9.06. The van der Waals surface area contributed by atoms with Crippen LogP contribution >= 0.6 is 0 Å². The lowest BCUT2D eigenvalue weighted by Crippen LogP contribution is -2.69. The molecule has 0 N–H and O–H groups in total. The molecule has 1 saturated heterocycles. The Labute approximate surface area is 102 Å². The Hall–Kier alpha value is -1.06. The van der Waals surface area contributed by atoms with Crippen molar-refractivity contribution >= 4 is 21.8 Å². The van der Waals surface area contributed by atoms with Crippen molar-refractivity contribution in [3.05, 3.63) is 35.9 Å². The minimum absolute atomic E-state index is 0.214. The van der Waals surface area contributed by atoms with Crippen molar-refractivity contribution in [2.24, 2.45) is 0 Å². The second kappa shape index (κ2) is 5.29. The van der Waals surface area contributed by atoms with Gasteiger partial charge in [-0.3, -0.25) is 17.7 Å². The van der Waals surface area contributed by atoms with Gasteiger partial charge in [-0.15, -0.1) is 9.89 Å². The third-order valence-corrected chi connectivity index (χ3v) is 2.57. The molecule has 0 spiro atoms. The molecule has 0 aliphatic carbocycles. The van der Waals surface area contributed by atoms with Crippen molar-refractivity contribution in [2.45, 2.75) is 6.54 Å². The first kappa shape index (κ1) is 13.4. The molecule has 11 heteroatoms. The molecule has 0 atom stereocenters. The van der Waals surface area contributed by atoms with E-state index in [1.807, 2.05) is 0 Å². The van der Waals surface area contributed by atoms with Gasteiger partial charge in [-0.1, -0.05) is 30.3 Å². The van der Waals surface area contributed by atoms with E-state index in [0.29, 0.717) is 5.56 Å². The van der Waals surface area contributed by atoms with Crippen LogP contribution in [0.15, 0.2) is 30.3 Å². The fourth-order valence-electron chi connectivity index (χ4n) is 1.64. The van der Waals surface area contributed by atoms with Gasteiger partial charge in [0.05, 0.1) is 0 Å². The lowest BCUT2D eigenvalue weighted by molar-refractivity contribution is 0.0974. The molecule has 0 radical (unpaired) electrons. The van der Waals surface area contributed by atoms with Gasteiger partial charge in [0, 0.05) is 6.54 Å². The molecule has 18 heavy (non-hydrogen) atoms. The summed E-state index contributed by atoms with van der Waals surface area (Å²) >= 11 is 0. The predicted octanol–water partition coefficient (Wildman–Crippen LogP) is 1.74. The van der Waals surface area contributed by atoms with E-state index in [-0.39, 0.29) is 4.72 Å². The third-order valence-electron chi connectivity index (χ3n) is 2.57. The summed E-state index contributed by atoms with van der Waals surface area (Å²) in [5, 5.41) is 0. The lowest BCUT2D eigenvalue weighted by Gasteiger charge is -2.35. The molecule has 3 nitrogen and oxygen atoms in total. The molecule has 0 bridgehead atoms. The Bertz CT molecular complexity index is 385. The number of nitrogens with zero attached hydrogens (tertiary/aromatic N) is 3. The number of hydrogen-bond donors (Lipinski definition) is 0. The van der Waals surface area contributed by atoms with Crippen LogP contribution in [-0.2, 0) is 6.54 Å². The van der Waals surface area contributed by atoms with Crippen molar-refractivity contribution < 1.29 is 21.9 Å². The Kier molecular flexibility index (Phi) is 3.93. The van der Waals surface area contributed by atoms with Gasteiger partial charge < -0.3 is 0 Å². The maximum Gasteiger partial charge on any atom is 0.561 e. The quantitative estimate of drug-likeness (QED) is 0.456. The van der Waals surface area contributed by atoms with Crippen LogP contribution in [-0.4, -0.2) is 36.4 Å². The second-order valence-corrected chi connectivity index (χ2v) is 3.78. The van der Waals surface area contributed by atoms with Crippen molar-refractivity contribution in [1.82, 2.24) is 14.6 Å². The zero-order valence-electron chi connectivity index (χ0n) is 9.06. The summed E-state index contributed by atoms with van der Waals surface area (Å²) in [6.07, 6.45) is 0. The second-order valence-electron chi connectivity index (χ2n) is 3.78. The number of benzene rings is 1. The van der Waals surface area contributed by atoms with E-state index in [2.05, 4.69) is 0 Å². The first-order valence-electron chi connectivity index (χ1n) is 5.12. The fraction of sp³-hybridized carbons (Fsp3) is 0.143. The number of rotatable bonds is 2. The van der Waals surface area contributed by atoms with Gasteiger partial charge in [-0.25, -0.2) is 0 Å². The number of hydrogen-bond acceptors (Lipinski definition) is 3. The topological polar surface area (TPSA) is 9.72 Å². The van der Waals surface area contributed by atoms with Crippen LogP contribution in [0, 0.1) is 0 Å². The molecule has 1 fully saturated rings. The van der Waals surface area contributed by atoms with E-state index in [1.54, 1.807) is 18.2 Å². The summed E-state index contributed by atoms with van der Waals surface area (Å²) in [7, 11) is -8.48. The first-order chi connectivity index (χ1) is 8.52. The van der Waals surface area contributed by atoms with Gasteiger partial charge in [0.1, 0.15) is 0 Å². The molecule has 1 heterocycles. The Morgan fingerprint density at radius 1 is 0.833 bits per heavy atom. The minimum atomic E-state index is -3.10. The lowest BCUT2D eigenvalue weighted by atomic mass is 9.71. The highest BCUT2D eigenvalue weighted by atomic mass is 19.2. The van der Waals surface area contributed by atoms with E-state index in [1.165, 1.54) is 12.1 Å². The molecule has 0 unspecified atom stereocenters. The average Bonchev–Trinajstić information content (AvgIpc) is 2.40. The molecule has 1 aliphatic rings. The molecule has 2 rings (SSSR count). The summed E-state index contributed by atoms with van der Waals surface area (Å²) in [5.74, 6) is 0.